The Kier molecular flexibility index (Phi) is 3.44. The smallest absolute Gasteiger partial charge is 0.0818 e. The van der Waals surface area contributed by atoms with Gasteiger partial charge in [-0.25, -0.2) is 0 Å². The Morgan fingerprint density at radius 2 is 1.89 bits per heavy atom. The summed E-state index contributed by atoms with van der Waals surface area (Å²) in [6, 6.07) is 14.3. The Morgan fingerprint density at radius 3 is 2.68 bits per heavy atom. The van der Waals surface area contributed by atoms with E-state index in [1.165, 1.54) is 9.79 Å². The molecule has 0 amide bonds. The number of nitrogens with zero attached hydrogens (tertiary/aromatic N) is 1. The number of rotatable bonds is 2. The largest absolute Gasteiger partial charge is 0.323 e. The van der Waals surface area contributed by atoms with Gasteiger partial charge in [0, 0.05) is 14.8 Å². The zero-order valence-corrected chi connectivity index (χ0v) is 12.2. The van der Waals surface area contributed by atoms with Crippen LogP contribution in [0, 0.1) is 0 Å². The third-order valence-corrected chi connectivity index (χ3v) is 4.64. The molecule has 1 aliphatic rings. The second-order valence-corrected chi connectivity index (χ2v) is 6.05. The maximum Gasteiger partial charge on any atom is 0.0818 e. The maximum atomic E-state index is 6.30. The summed E-state index contributed by atoms with van der Waals surface area (Å²) >= 11 is 7.91. The topological polar surface area (TPSA) is 29.3 Å². The van der Waals surface area contributed by atoms with Crippen LogP contribution in [0.3, 0.4) is 0 Å². The molecule has 0 spiro atoms. The molecule has 2 nitrogen and oxygen atoms in total. The first kappa shape index (κ1) is 12.9. The van der Waals surface area contributed by atoms with Gasteiger partial charge in [-0.2, -0.15) is 0 Å². The molecule has 98 valence electrons. The van der Waals surface area contributed by atoms with Crippen molar-refractivity contribution in [2.75, 3.05) is 4.90 Å². The van der Waals surface area contributed by atoms with Crippen molar-refractivity contribution < 1.29 is 0 Å². The van der Waals surface area contributed by atoms with Crippen LogP contribution in [0.5, 0.6) is 0 Å². The number of fused-ring (bicyclic) bond motifs is 2. The predicted molar refractivity (Wildman–Crippen MR) is 82.4 cm³/mol. The highest BCUT2D eigenvalue weighted by molar-refractivity contribution is 7.99. The van der Waals surface area contributed by atoms with Crippen molar-refractivity contribution >= 4 is 34.7 Å². The predicted octanol–water partition coefficient (Wildman–Crippen LogP) is 4.64. The van der Waals surface area contributed by atoms with Crippen molar-refractivity contribution in [3.8, 4) is 0 Å². The summed E-state index contributed by atoms with van der Waals surface area (Å²) in [5, 5.41) is 0.743. The van der Waals surface area contributed by atoms with Gasteiger partial charge in [0.15, 0.2) is 0 Å². The van der Waals surface area contributed by atoms with Crippen LogP contribution in [0.4, 0.5) is 11.4 Å². The Hall–Kier alpha value is -1.16. The fourth-order valence-electron chi connectivity index (χ4n) is 2.30. The number of anilines is 2. The van der Waals surface area contributed by atoms with E-state index in [-0.39, 0.29) is 6.17 Å². The van der Waals surface area contributed by atoms with E-state index in [4.69, 9.17) is 17.3 Å². The fourth-order valence-corrected chi connectivity index (χ4v) is 3.51. The van der Waals surface area contributed by atoms with Crippen LogP contribution < -0.4 is 10.6 Å². The molecule has 0 saturated heterocycles. The second-order valence-electron chi connectivity index (χ2n) is 4.53. The summed E-state index contributed by atoms with van der Waals surface area (Å²) in [6.07, 6.45) is 0.838. The average molecular weight is 291 g/mol. The minimum absolute atomic E-state index is 0.0423. The monoisotopic (exact) mass is 290 g/mol. The summed E-state index contributed by atoms with van der Waals surface area (Å²) in [5.41, 5.74) is 8.57. The Labute approximate surface area is 122 Å². The summed E-state index contributed by atoms with van der Waals surface area (Å²) in [6.45, 7) is 2.10. The van der Waals surface area contributed by atoms with E-state index in [1.807, 2.05) is 18.2 Å². The highest BCUT2D eigenvalue weighted by Gasteiger charge is 2.26. The Bertz CT molecular complexity index is 615. The third-order valence-electron chi connectivity index (χ3n) is 3.28. The molecule has 3 rings (SSSR count). The van der Waals surface area contributed by atoms with Gasteiger partial charge in [-0.3, -0.25) is 0 Å². The van der Waals surface area contributed by atoms with Gasteiger partial charge in [0.05, 0.1) is 17.5 Å². The molecule has 0 fully saturated rings. The summed E-state index contributed by atoms with van der Waals surface area (Å²) < 4.78 is 0. The molecule has 1 unspecified atom stereocenters. The number of hydrogen-bond donors (Lipinski definition) is 1. The van der Waals surface area contributed by atoms with Gasteiger partial charge >= 0.3 is 0 Å². The lowest BCUT2D eigenvalue weighted by Crippen LogP contribution is -2.39. The lowest BCUT2D eigenvalue weighted by Gasteiger charge is -2.36. The first-order chi connectivity index (χ1) is 9.20. The van der Waals surface area contributed by atoms with Gasteiger partial charge in [0.2, 0.25) is 0 Å². The molecule has 0 aliphatic carbocycles. The normalized spacial score (nSPS) is 14.8. The molecule has 0 bridgehead atoms. The fraction of sp³-hybridized carbons (Fsp3) is 0.200. The summed E-state index contributed by atoms with van der Waals surface area (Å²) in [7, 11) is 0. The summed E-state index contributed by atoms with van der Waals surface area (Å²) in [4.78, 5) is 4.63. The van der Waals surface area contributed by atoms with Crippen molar-refractivity contribution in [2.45, 2.75) is 29.3 Å². The molecule has 4 heteroatoms. The van der Waals surface area contributed by atoms with E-state index in [9.17, 15) is 0 Å². The van der Waals surface area contributed by atoms with E-state index < -0.39 is 0 Å². The van der Waals surface area contributed by atoms with Gasteiger partial charge in [-0.1, -0.05) is 42.4 Å². The molecule has 0 radical (unpaired) electrons. The summed E-state index contributed by atoms with van der Waals surface area (Å²) in [5.74, 6) is 0. The number of hydrogen-bond acceptors (Lipinski definition) is 3. The molecule has 1 heterocycles. The Morgan fingerprint density at radius 1 is 1.16 bits per heavy atom. The van der Waals surface area contributed by atoms with E-state index in [0.29, 0.717) is 0 Å². The van der Waals surface area contributed by atoms with Gasteiger partial charge < -0.3 is 10.6 Å². The molecule has 2 aromatic carbocycles. The molecule has 0 saturated carbocycles. The van der Waals surface area contributed by atoms with E-state index in [2.05, 4.69) is 36.1 Å². The first-order valence-electron chi connectivity index (χ1n) is 6.32. The molecule has 0 aromatic heterocycles. The Balaban J connectivity index is 2.19. The minimum atomic E-state index is -0.0423. The number of para-hydroxylation sites is 1. The van der Waals surface area contributed by atoms with Crippen molar-refractivity contribution in [1.82, 2.24) is 0 Å². The molecular weight excluding hydrogens is 276 g/mol. The highest BCUT2D eigenvalue weighted by atomic mass is 35.5. The highest BCUT2D eigenvalue weighted by Crippen LogP contribution is 2.49. The molecule has 2 N–H and O–H groups in total. The van der Waals surface area contributed by atoms with Crippen molar-refractivity contribution in [3.05, 3.63) is 47.5 Å². The molecule has 1 atom stereocenters. The second kappa shape index (κ2) is 5.08. The number of nitrogens with two attached hydrogens (primary N) is 1. The maximum absolute atomic E-state index is 6.30. The zero-order valence-electron chi connectivity index (χ0n) is 10.6. The van der Waals surface area contributed by atoms with Crippen molar-refractivity contribution in [1.29, 1.82) is 0 Å². The molecule has 1 aliphatic heterocycles. The van der Waals surface area contributed by atoms with Crippen molar-refractivity contribution in [3.63, 3.8) is 0 Å². The van der Waals surface area contributed by atoms with Crippen LogP contribution in [0.25, 0.3) is 0 Å². The molecule has 2 aromatic rings. The van der Waals surface area contributed by atoms with E-state index in [1.54, 1.807) is 11.8 Å². The molecule has 19 heavy (non-hydrogen) atoms. The minimum Gasteiger partial charge on any atom is -0.323 e. The number of halogens is 1. The van der Waals surface area contributed by atoms with Gasteiger partial charge in [0.25, 0.3) is 0 Å². The van der Waals surface area contributed by atoms with Crippen LogP contribution in [0.1, 0.15) is 13.3 Å². The third kappa shape index (κ3) is 2.22. The quantitative estimate of drug-likeness (QED) is 0.874. The lowest BCUT2D eigenvalue weighted by molar-refractivity contribution is 0.650. The van der Waals surface area contributed by atoms with Crippen LogP contribution in [-0.4, -0.2) is 6.17 Å². The van der Waals surface area contributed by atoms with Crippen LogP contribution in [-0.2, 0) is 0 Å². The zero-order chi connectivity index (χ0) is 13.4. The molecular formula is C15H15ClN2S. The number of benzene rings is 2. The van der Waals surface area contributed by atoms with Crippen LogP contribution >= 0.6 is 23.4 Å². The van der Waals surface area contributed by atoms with Crippen LogP contribution in [0.2, 0.25) is 5.02 Å². The first-order valence-corrected chi connectivity index (χ1v) is 7.51. The van der Waals surface area contributed by atoms with E-state index in [0.717, 1.165) is 22.8 Å². The van der Waals surface area contributed by atoms with Gasteiger partial charge in [-0.15, -0.1) is 0 Å². The van der Waals surface area contributed by atoms with Crippen molar-refractivity contribution in [2.24, 2.45) is 5.73 Å². The van der Waals surface area contributed by atoms with Gasteiger partial charge in [0.1, 0.15) is 0 Å². The van der Waals surface area contributed by atoms with E-state index >= 15 is 0 Å². The average Bonchev–Trinajstić information content (AvgIpc) is 2.44. The SMILES string of the molecule is CCC(N)N1c2ccccc2Sc2ccc(Cl)cc21. The van der Waals surface area contributed by atoms with Crippen LogP contribution in [0.15, 0.2) is 52.3 Å². The standard InChI is InChI=1S/C15H15ClN2S/c1-2-15(17)18-11-5-3-4-6-13(11)19-14-8-7-10(16)9-12(14)18/h3-9,15H,2,17H2,1H3. The lowest BCUT2D eigenvalue weighted by atomic mass is 10.2. The van der Waals surface area contributed by atoms with Gasteiger partial charge in [-0.05, 0) is 36.8 Å².